The van der Waals surface area contributed by atoms with Crippen LogP contribution in [0.1, 0.15) is 12.5 Å². The Balaban J connectivity index is 2.64. The first-order valence-corrected chi connectivity index (χ1v) is 7.32. The highest BCUT2D eigenvalue weighted by atomic mass is 32.2. The van der Waals surface area contributed by atoms with Crippen LogP contribution in [0.3, 0.4) is 0 Å². The maximum atomic E-state index is 11.5. The SMILES string of the molecule is C/C=C/C=C/C(=O)Nc1ccc(CS(N)(=O)=O)cc1. The van der Waals surface area contributed by atoms with E-state index in [-0.39, 0.29) is 11.7 Å². The number of primary sulfonamides is 1. The van der Waals surface area contributed by atoms with Crippen molar-refractivity contribution in [2.24, 2.45) is 5.14 Å². The van der Waals surface area contributed by atoms with Crippen LogP contribution in [-0.4, -0.2) is 14.3 Å². The Morgan fingerprint density at radius 2 is 1.89 bits per heavy atom. The molecule has 0 aliphatic carbocycles. The van der Waals surface area contributed by atoms with Crippen molar-refractivity contribution in [3.63, 3.8) is 0 Å². The first-order chi connectivity index (χ1) is 8.90. The van der Waals surface area contributed by atoms with Crippen molar-refractivity contribution in [2.75, 3.05) is 5.32 Å². The third kappa shape index (κ3) is 6.54. The molecule has 102 valence electrons. The zero-order valence-corrected chi connectivity index (χ0v) is 11.4. The van der Waals surface area contributed by atoms with Gasteiger partial charge in [-0.3, -0.25) is 4.79 Å². The van der Waals surface area contributed by atoms with E-state index >= 15 is 0 Å². The largest absolute Gasteiger partial charge is 0.323 e. The lowest BCUT2D eigenvalue weighted by atomic mass is 10.2. The average Bonchev–Trinajstić information content (AvgIpc) is 2.30. The average molecular weight is 280 g/mol. The van der Waals surface area contributed by atoms with Crippen molar-refractivity contribution in [3.05, 3.63) is 54.1 Å². The molecule has 0 aliphatic heterocycles. The molecule has 1 aromatic rings. The Labute approximate surface area is 112 Å². The van der Waals surface area contributed by atoms with Crippen LogP contribution in [0.4, 0.5) is 5.69 Å². The van der Waals surface area contributed by atoms with Gasteiger partial charge in [0.2, 0.25) is 15.9 Å². The fourth-order valence-electron chi connectivity index (χ4n) is 1.35. The number of amides is 1. The molecule has 0 aliphatic rings. The lowest BCUT2D eigenvalue weighted by Crippen LogP contribution is -2.14. The lowest BCUT2D eigenvalue weighted by molar-refractivity contribution is -0.111. The van der Waals surface area contributed by atoms with Crippen LogP contribution in [0.2, 0.25) is 0 Å². The van der Waals surface area contributed by atoms with E-state index in [1.807, 2.05) is 13.0 Å². The van der Waals surface area contributed by atoms with E-state index < -0.39 is 10.0 Å². The molecule has 3 N–H and O–H groups in total. The summed E-state index contributed by atoms with van der Waals surface area (Å²) in [6, 6.07) is 6.47. The summed E-state index contributed by atoms with van der Waals surface area (Å²) in [6.07, 6.45) is 6.59. The number of allylic oxidation sites excluding steroid dienone is 3. The number of carbonyl (C=O) groups excluding carboxylic acids is 1. The maximum Gasteiger partial charge on any atom is 0.248 e. The molecule has 19 heavy (non-hydrogen) atoms. The molecular weight excluding hydrogens is 264 g/mol. The third-order valence-corrected chi connectivity index (χ3v) is 2.88. The van der Waals surface area contributed by atoms with Gasteiger partial charge in [0.15, 0.2) is 0 Å². The summed E-state index contributed by atoms with van der Waals surface area (Å²) in [7, 11) is -3.53. The van der Waals surface area contributed by atoms with Crippen molar-refractivity contribution in [1.29, 1.82) is 0 Å². The van der Waals surface area contributed by atoms with Crippen LogP contribution in [0, 0.1) is 0 Å². The number of benzene rings is 1. The summed E-state index contributed by atoms with van der Waals surface area (Å²) >= 11 is 0. The molecule has 0 saturated heterocycles. The minimum absolute atomic E-state index is 0.220. The molecule has 0 heterocycles. The molecule has 6 heteroatoms. The number of nitrogens with one attached hydrogen (secondary N) is 1. The normalized spacial score (nSPS) is 12.1. The predicted octanol–water partition coefficient (Wildman–Crippen LogP) is 1.55. The van der Waals surface area contributed by atoms with Gasteiger partial charge < -0.3 is 5.32 Å². The predicted molar refractivity (Wildman–Crippen MR) is 75.8 cm³/mol. The first kappa shape index (κ1) is 15.1. The van der Waals surface area contributed by atoms with E-state index in [1.54, 1.807) is 36.4 Å². The first-order valence-electron chi connectivity index (χ1n) is 5.60. The molecule has 0 bridgehead atoms. The van der Waals surface area contributed by atoms with E-state index in [9.17, 15) is 13.2 Å². The van der Waals surface area contributed by atoms with Crippen LogP contribution in [-0.2, 0) is 20.6 Å². The van der Waals surface area contributed by atoms with Crippen LogP contribution in [0.5, 0.6) is 0 Å². The minimum Gasteiger partial charge on any atom is -0.323 e. The van der Waals surface area contributed by atoms with Crippen molar-refractivity contribution < 1.29 is 13.2 Å². The summed E-state index contributed by atoms with van der Waals surface area (Å²) < 4.78 is 21.8. The molecule has 1 amide bonds. The molecule has 1 aromatic carbocycles. The van der Waals surface area contributed by atoms with Gasteiger partial charge in [0.25, 0.3) is 0 Å². The van der Waals surface area contributed by atoms with Gasteiger partial charge in [-0.2, -0.15) is 0 Å². The molecule has 5 nitrogen and oxygen atoms in total. The highest BCUT2D eigenvalue weighted by Crippen LogP contribution is 2.11. The van der Waals surface area contributed by atoms with Crippen LogP contribution in [0.25, 0.3) is 0 Å². The Morgan fingerprint density at radius 3 is 2.42 bits per heavy atom. The van der Waals surface area contributed by atoms with Gasteiger partial charge in [0.05, 0.1) is 5.75 Å². The van der Waals surface area contributed by atoms with E-state index in [0.717, 1.165) is 0 Å². The molecule has 0 aromatic heterocycles. The van der Waals surface area contributed by atoms with Crippen LogP contribution >= 0.6 is 0 Å². The summed E-state index contributed by atoms with van der Waals surface area (Å²) in [4.78, 5) is 11.5. The zero-order valence-electron chi connectivity index (χ0n) is 10.5. The number of rotatable bonds is 5. The highest BCUT2D eigenvalue weighted by Gasteiger charge is 2.05. The molecule has 0 atom stereocenters. The van der Waals surface area contributed by atoms with Crippen molar-refractivity contribution in [1.82, 2.24) is 0 Å². The number of anilines is 1. The van der Waals surface area contributed by atoms with Gasteiger partial charge in [-0.1, -0.05) is 30.4 Å². The Kier molecular flexibility index (Phi) is 5.47. The summed E-state index contributed by atoms with van der Waals surface area (Å²) in [5.74, 6) is -0.472. The van der Waals surface area contributed by atoms with Gasteiger partial charge in [-0.15, -0.1) is 0 Å². The van der Waals surface area contributed by atoms with Gasteiger partial charge in [-0.05, 0) is 24.6 Å². The van der Waals surface area contributed by atoms with Gasteiger partial charge in [0, 0.05) is 11.8 Å². The molecule has 0 saturated carbocycles. The van der Waals surface area contributed by atoms with Gasteiger partial charge in [-0.25, -0.2) is 13.6 Å². The van der Waals surface area contributed by atoms with E-state index in [2.05, 4.69) is 5.32 Å². The second-order valence-corrected chi connectivity index (χ2v) is 5.49. The van der Waals surface area contributed by atoms with Crippen molar-refractivity contribution in [3.8, 4) is 0 Å². The highest BCUT2D eigenvalue weighted by molar-refractivity contribution is 7.88. The minimum atomic E-state index is -3.53. The van der Waals surface area contributed by atoms with Crippen molar-refractivity contribution in [2.45, 2.75) is 12.7 Å². The standard InChI is InChI=1S/C13H16N2O3S/c1-2-3-4-5-13(16)15-12-8-6-11(7-9-12)10-19(14,17)18/h2-9H,10H2,1H3,(H,15,16)(H2,14,17,18)/b3-2+,5-4+. The smallest absolute Gasteiger partial charge is 0.248 e. The maximum absolute atomic E-state index is 11.5. The summed E-state index contributed by atoms with van der Waals surface area (Å²) in [5.41, 5.74) is 1.17. The number of sulfonamides is 1. The number of hydrogen-bond acceptors (Lipinski definition) is 3. The molecule has 0 fully saturated rings. The Hall–Kier alpha value is -1.92. The van der Waals surface area contributed by atoms with E-state index in [4.69, 9.17) is 5.14 Å². The Morgan fingerprint density at radius 1 is 1.26 bits per heavy atom. The second-order valence-electron chi connectivity index (χ2n) is 3.88. The summed E-state index contributed by atoms with van der Waals surface area (Å²) in [6.45, 7) is 1.85. The number of nitrogens with two attached hydrogens (primary N) is 1. The van der Waals surface area contributed by atoms with Gasteiger partial charge in [0.1, 0.15) is 0 Å². The number of hydrogen-bond donors (Lipinski definition) is 2. The Bertz CT molecular complexity index is 587. The second kappa shape index (κ2) is 6.86. The quantitative estimate of drug-likeness (QED) is 0.633. The molecular formula is C13H16N2O3S. The topological polar surface area (TPSA) is 89.3 Å². The molecule has 0 spiro atoms. The molecule has 1 rings (SSSR count). The fourth-order valence-corrected chi connectivity index (χ4v) is 2.01. The zero-order chi connectivity index (χ0) is 14.3. The molecule has 0 unspecified atom stereocenters. The van der Waals surface area contributed by atoms with Crippen molar-refractivity contribution >= 4 is 21.6 Å². The lowest BCUT2D eigenvalue weighted by Gasteiger charge is -2.03. The van der Waals surface area contributed by atoms with Gasteiger partial charge >= 0.3 is 0 Å². The van der Waals surface area contributed by atoms with E-state index in [0.29, 0.717) is 11.3 Å². The van der Waals surface area contributed by atoms with Crippen LogP contribution < -0.4 is 10.5 Å². The number of carbonyl (C=O) groups is 1. The monoisotopic (exact) mass is 280 g/mol. The fraction of sp³-hybridized carbons (Fsp3) is 0.154. The van der Waals surface area contributed by atoms with E-state index in [1.165, 1.54) is 6.08 Å². The van der Waals surface area contributed by atoms with Crippen LogP contribution in [0.15, 0.2) is 48.6 Å². The third-order valence-electron chi connectivity index (χ3n) is 2.14. The molecule has 0 radical (unpaired) electrons. The summed E-state index contributed by atoms with van der Waals surface area (Å²) in [5, 5.41) is 7.59.